The van der Waals surface area contributed by atoms with E-state index in [0.717, 1.165) is 11.3 Å². The van der Waals surface area contributed by atoms with Gasteiger partial charge in [0.05, 0.1) is 0 Å². The van der Waals surface area contributed by atoms with Gasteiger partial charge in [0.1, 0.15) is 18.2 Å². The van der Waals surface area contributed by atoms with Gasteiger partial charge in [0.25, 0.3) is 0 Å². The standard InChI is InChI=1S/C12H18N2O/c1-9-5-6-10(2)11(7-9)15-8-12(13)14(3)4/h5-7,13H,8H2,1-4H3. The van der Waals surface area contributed by atoms with Crippen molar-refractivity contribution in [3.05, 3.63) is 29.3 Å². The first kappa shape index (κ1) is 11.6. The van der Waals surface area contributed by atoms with Crippen molar-refractivity contribution in [2.24, 2.45) is 0 Å². The molecular formula is C12H18N2O. The summed E-state index contributed by atoms with van der Waals surface area (Å²) in [7, 11) is 3.68. The highest BCUT2D eigenvalue weighted by atomic mass is 16.5. The van der Waals surface area contributed by atoms with Crippen LogP contribution in [-0.4, -0.2) is 31.4 Å². The molecule has 1 rings (SSSR count). The molecule has 0 fully saturated rings. The Hall–Kier alpha value is -1.51. The first-order chi connectivity index (χ1) is 7.00. The molecule has 0 atom stereocenters. The van der Waals surface area contributed by atoms with Crippen LogP contribution in [0.5, 0.6) is 5.75 Å². The van der Waals surface area contributed by atoms with Crippen LogP contribution >= 0.6 is 0 Å². The zero-order chi connectivity index (χ0) is 11.4. The minimum absolute atomic E-state index is 0.317. The Morgan fingerprint density at radius 3 is 2.60 bits per heavy atom. The molecule has 82 valence electrons. The Bertz CT molecular complexity index is 359. The summed E-state index contributed by atoms with van der Waals surface area (Å²) in [5, 5.41) is 7.62. The number of hydrogen-bond acceptors (Lipinski definition) is 2. The van der Waals surface area contributed by atoms with E-state index in [1.54, 1.807) is 4.90 Å². The smallest absolute Gasteiger partial charge is 0.145 e. The summed E-state index contributed by atoms with van der Waals surface area (Å²) < 4.78 is 5.57. The van der Waals surface area contributed by atoms with Gasteiger partial charge in [0.15, 0.2) is 0 Å². The highest BCUT2D eigenvalue weighted by Gasteiger charge is 2.03. The van der Waals surface area contributed by atoms with Crippen molar-refractivity contribution in [2.75, 3.05) is 20.7 Å². The third-order valence-electron chi connectivity index (χ3n) is 2.25. The van der Waals surface area contributed by atoms with Crippen molar-refractivity contribution in [2.45, 2.75) is 13.8 Å². The highest BCUT2D eigenvalue weighted by Crippen LogP contribution is 2.18. The molecule has 1 aromatic carbocycles. The van der Waals surface area contributed by atoms with Gasteiger partial charge in [-0.05, 0) is 31.0 Å². The minimum atomic E-state index is 0.317. The number of rotatable bonds is 3. The molecule has 0 aromatic heterocycles. The van der Waals surface area contributed by atoms with Gasteiger partial charge in [-0.15, -0.1) is 0 Å². The second-order valence-corrected chi connectivity index (χ2v) is 3.90. The van der Waals surface area contributed by atoms with Crippen molar-refractivity contribution >= 4 is 5.84 Å². The van der Waals surface area contributed by atoms with Crippen LogP contribution in [0.1, 0.15) is 11.1 Å². The summed E-state index contributed by atoms with van der Waals surface area (Å²) in [5.41, 5.74) is 2.28. The maximum absolute atomic E-state index is 7.62. The molecule has 0 saturated carbocycles. The largest absolute Gasteiger partial charge is 0.485 e. The van der Waals surface area contributed by atoms with Crippen LogP contribution in [0.2, 0.25) is 0 Å². The number of benzene rings is 1. The summed E-state index contributed by atoms with van der Waals surface area (Å²) in [6.45, 7) is 4.36. The summed E-state index contributed by atoms with van der Waals surface area (Å²) in [6, 6.07) is 6.08. The maximum atomic E-state index is 7.62. The predicted molar refractivity (Wildman–Crippen MR) is 62.8 cm³/mol. The number of hydrogen-bond donors (Lipinski definition) is 1. The van der Waals surface area contributed by atoms with Gasteiger partial charge in [-0.1, -0.05) is 12.1 Å². The molecule has 0 aliphatic rings. The molecule has 0 aliphatic carbocycles. The molecule has 0 spiro atoms. The predicted octanol–water partition coefficient (Wildman–Crippen LogP) is 2.22. The molecular weight excluding hydrogens is 188 g/mol. The van der Waals surface area contributed by atoms with Crippen molar-refractivity contribution in [3.8, 4) is 5.75 Å². The number of amidine groups is 1. The van der Waals surface area contributed by atoms with Crippen molar-refractivity contribution in [1.29, 1.82) is 5.41 Å². The molecule has 1 aromatic rings. The molecule has 1 N–H and O–H groups in total. The van der Waals surface area contributed by atoms with Gasteiger partial charge in [-0.2, -0.15) is 0 Å². The Kier molecular flexibility index (Phi) is 3.72. The second kappa shape index (κ2) is 4.82. The van der Waals surface area contributed by atoms with Gasteiger partial charge in [0, 0.05) is 14.1 Å². The summed E-state index contributed by atoms with van der Waals surface area (Å²) >= 11 is 0. The average molecular weight is 206 g/mol. The number of likely N-dealkylation sites (N-methyl/N-ethyl adjacent to an activating group) is 1. The Morgan fingerprint density at radius 2 is 2.00 bits per heavy atom. The van der Waals surface area contributed by atoms with E-state index in [1.165, 1.54) is 5.56 Å². The van der Waals surface area contributed by atoms with E-state index in [0.29, 0.717) is 12.4 Å². The fourth-order valence-corrected chi connectivity index (χ4v) is 1.14. The van der Waals surface area contributed by atoms with Gasteiger partial charge < -0.3 is 9.64 Å². The number of aryl methyl sites for hydroxylation is 2. The van der Waals surface area contributed by atoms with Crippen LogP contribution < -0.4 is 4.74 Å². The zero-order valence-electron chi connectivity index (χ0n) is 9.79. The second-order valence-electron chi connectivity index (χ2n) is 3.90. The molecule has 0 unspecified atom stereocenters. The van der Waals surface area contributed by atoms with Crippen molar-refractivity contribution in [3.63, 3.8) is 0 Å². The Balaban J connectivity index is 2.65. The van der Waals surface area contributed by atoms with Crippen molar-refractivity contribution < 1.29 is 4.74 Å². The van der Waals surface area contributed by atoms with Gasteiger partial charge >= 0.3 is 0 Å². The first-order valence-corrected chi connectivity index (χ1v) is 4.95. The molecule has 0 amide bonds. The number of nitrogens with zero attached hydrogens (tertiary/aromatic N) is 1. The van der Waals surface area contributed by atoms with Crippen LogP contribution in [0.15, 0.2) is 18.2 Å². The fraction of sp³-hybridized carbons (Fsp3) is 0.417. The van der Waals surface area contributed by atoms with E-state index < -0.39 is 0 Å². The van der Waals surface area contributed by atoms with Crippen LogP contribution in [-0.2, 0) is 0 Å². The molecule has 0 bridgehead atoms. The Labute approximate surface area is 91.2 Å². The SMILES string of the molecule is Cc1ccc(C)c(OCC(=N)N(C)C)c1. The van der Waals surface area contributed by atoms with Crippen LogP contribution in [0, 0.1) is 19.3 Å². The monoisotopic (exact) mass is 206 g/mol. The van der Waals surface area contributed by atoms with E-state index in [2.05, 4.69) is 6.07 Å². The van der Waals surface area contributed by atoms with Crippen LogP contribution in [0.4, 0.5) is 0 Å². The molecule has 3 heteroatoms. The topological polar surface area (TPSA) is 36.3 Å². The third-order valence-corrected chi connectivity index (χ3v) is 2.25. The lowest BCUT2D eigenvalue weighted by Crippen LogP contribution is -2.27. The van der Waals surface area contributed by atoms with E-state index in [4.69, 9.17) is 10.1 Å². The fourth-order valence-electron chi connectivity index (χ4n) is 1.14. The molecule has 0 radical (unpaired) electrons. The molecule has 15 heavy (non-hydrogen) atoms. The quantitative estimate of drug-likeness (QED) is 0.608. The molecule has 0 aliphatic heterocycles. The molecule has 0 saturated heterocycles. The van der Waals surface area contributed by atoms with Crippen molar-refractivity contribution in [1.82, 2.24) is 4.90 Å². The van der Waals surface area contributed by atoms with Gasteiger partial charge in [-0.3, -0.25) is 5.41 Å². The van der Waals surface area contributed by atoms with E-state index in [1.807, 2.05) is 40.1 Å². The first-order valence-electron chi connectivity index (χ1n) is 4.95. The summed E-state index contributed by atoms with van der Waals surface area (Å²) in [4.78, 5) is 1.74. The molecule has 3 nitrogen and oxygen atoms in total. The number of ether oxygens (including phenoxy) is 1. The van der Waals surface area contributed by atoms with Gasteiger partial charge in [-0.25, -0.2) is 0 Å². The molecule has 0 heterocycles. The van der Waals surface area contributed by atoms with Crippen LogP contribution in [0.25, 0.3) is 0 Å². The van der Waals surface area contributed by atoms with Crippen LogP contribution in [0.3, 0.4) is 0 Å². The lowest BCUT2D eigenvalue weighted by molar-refractivity contribution is 0.355. The lowest BCUT2D eigenvalue weighted by Gasteiger charge is -2.15. The van der Waals surface area contributed by atoms with E-state index in [-0.39, 0.29) is 0 Å². The summed E-state index contributed by atoms with van der Waals surface area (Å²) in [6.07, 6.45) is 0. The third kappa shape index (κ3) is 3.27. The lowest BCUT2D eigenvalue weighted by atomic mass is 10.1. The number of nitrogens with one attached hydrogen (secondary N) is 1. The minimum Gasteiger partial charge on any atom is -0.485 e. The highest BCUT2D eigenvalue weighted by molar-refractivity contribution is 5.80. The zero-order valence-corrected chi connectivity index (χ0v) is 9.79. The maximum Gasteiger partial charge on any atom is 0.145 e. The Morgan fingerprint density at radius 1 is 1.33 bits per heavy atom. The van der Waals surface area contributed by atoms with E-state index in [9.17, 15) is 0 Å². The summed E-state index contributed by atoms with van der Waals surface area (Å²) in [5.74, 6) is 1.33. The van der Waals surface area contributed by atoms with E-state index >= 15 is 0 Å². The normalized spacial score (nSPS) is 9.87. The average Bonchev–Trinajstić information content (AvgIpc) is 2.18. The van der Waals surface area contributed by atoms with Gasteiger partial charge in [0.2, 0.25) is 0 Å².